The minimum absolute atomic E-state index is 0.00357. The van der Waals surface area contributed by atoms with E-state index in [4.69, 9.17) is 4.74 Å². The molecule has 2 fully saturated rings. The van der Waals surface area contributed by atoms with Crippen molar-refractivity contribution in [3.05, 3.63) is 0 Å². The van der Waals surface area contributed by atoms with Gasteiger partial charge in [-0.2, -0.15) is 0 Å². The quantitative estimate of drug-likeness (QED) is 0.775. The second-order valence-electron chi connectivity index (χ2n) is 6.46. The van der Waals surface area contributed by atoms with Crippen molar-refractivity contribution in [2.24, 2.45) is 11.8 Å². The molecule has 0 aromatic heterocycles. The summed E-state index contributed by atoms with van der Waals surface area (Å²) in [6.45, 7) is 9.21. The summed E-state index contributed by atoms with van der Waals surface area (Å²) in [4.78, 5) is 27.1. The first kappa shape index (κ1) is 16.3. The zero-order valence-corrected chi connectivity index (χ0v) is 13.6. The number of nitrogens with one attached hydrogen (secondary N) is 1. The molecular weight excluding hydrogens is 268 g/mol. The van der Waals surface area contributed by atoms with E-state index < -0.39 is 0 Å². The van der Waals surface area contributed by atoms with Gasteiger partial charge in [0.05, 0.1) is 12.6 Å². The Labute approximate surface area is 127 Å². The summed E-state index contributed by atoms with van der Waals surface area (Å²) in [5, 5.41) is 2.94. The van der Waals surface area contributed by atoms with Gasteiger partial charge < -0.3 is 15.0 Å². The fourth-order valence-electron chi connectivity index (χ4n) is 3.11. The molecule has 21 heavy (non-hydrogen) atoms. The number of amides is 2. The number of hydrogen-bond acceptors (Lipinski definition) is 3. The predicted molar refractivity (Wildman–Crippen MR) is 80.7 cm³/mol. The smallest absolute Gasteiger partial charge is 0.246 e. The minimum Gasteiger partial charge on any atom is -0.380 e. The van der Waals surface area contributed by atoms with Crippen LogP contribution in [0.4, 0.5) is 0 Å². The Morgan fingerprint density at radius 3 is 2.43 bits per heavy atom. The van der Waals surface area contributed by atoms with Crippen molar-refractivity contribution in [2.75, 3.05) is 13.2 Å². The fraction of sp³-hybridized carbons (Fsp3) is 0.875. The summed E-state index contributed by atoms with van der Waals surface area (Å²) in [5.74, 6) is 0.681. The SMILES string of the molecule is CCOCC(C(C)C)N1C(=O)C(C2CC2)NC(=O)C1CC. The van der Waals surface area contributed by atoms with Crippen LogP contribution in [0.3, 0.4) is 0 Å². The van der Waals surface area contributed by atoms with Gasteiger partial charge in [-0.1, -0.05) is 20.8 Å². The number of ether oxygens (including phenoxy) is 1. The van der Waals surface area contributed by atoms with Gasteiger partial charge in [-0.3, -0.25) is 9.59 Å². The summed E-state index contributed by atoms with van der Waals surface area (Å²) in [6, 6.07) is -0.710. The average molecular weight is 296 g/mol. The lowest BCUT2D eigenvalue weighted by atomic mass is 9.94. The molecule has 120 valence electrons. The molecule has 0 aromatic carbocycles. The topological polar surface area (TPSA) is 58.6 Å². The van der Waals surface area contributed by atoms with Gasteiger partial charge in [-0.25, -0.2) is 0 Å². The van der Waals surface area contributed by atoms with Gasteiger partial charge in [0.2, 0.25) is 11.8 Å². The number of carbonyl (C=O) groups excluding carboxylic acids is 2. The first-order valence-electron chi connectivity index (χ1n) is 8.21. The molecule has 2 aliphatic rings. The maximum absolute atomic E-state index is 12.9. The molecule has 0 aromatic rings. The van der Waals surface area contributed by atoms with Crippen LogP contribution in [0.1, 0.15) is 47.0 Å². The maximum Gasteiger partial charge on any atom is 0.246 e. The van der Waals surface area contributed by atoms with E-state index in [1.54, 1.807) is 0 Å². The highest BCUT2D eigenvalue weighted by molar-refractivity contribution is 5.97. The highest BCUT2D eigenvalue weighted by Gasteiger charge is 2.48. The molecule has 1 saturated heterocycles. The van der Waals surface area contributed by atoms with Gasteiger partial charge in [0.15, 0.2) is 0 Å². The Kier molecular flexibility index (Phi) is 5.25. The molecule has 1 N–H and O–H groups in total. The Hall–Kier alpha value is -1.10. The third-order valence-electron chi connectivity index (χ3n) is 4.56. The molecule has 3 unspecified atom stereocenters. The summed E-state index contributed by atoms with van der Waals surface area (Å²) in [6.07, 6.45) is 2.72. The zero-order valence-electron chi connectivity index (χ0n) is 13.6. The summed E-state index contributed by atoms with van der Waals surface area (Å²) >= 11 is 0. The monoisotopic (exact) mass is 296 g/mol. The maximum atomic E-state index is 12.9. The summed E-state index contributed by atoms with van der Waals surface area (Å²) in [7, 11) is 0. The van der Waals surface area contributed by atoms with Crippen LogP contribution in [0.5, 0.6) is 0 Å². The summed E-state index contributed by atoms with van der Waals surface area (Å²) < 4.78 is 5.57. The third-order valence-corrected chi connectivity index (χ3v) is 4.56. The van der Waals surface area contributed by atoms with Crippen LogP contribution in [0, 0.1) is 11.8 Å². The van der Waals surface area contributed by atoms with Crippen LogP contribution < -0.4 is 5.32 Å². The van der Waals surface area contributed by atoms with E-state index >= 15 is 0 Å². The van der Waals surface area contributed by atoms with Gasteiger partial charge in [-0.05, 0) is 38.0 Å². The Morgan fingerprint density at radius 2 is 1.95 bits per heavy atom. The Morgan fingerprint density at radius 1 is 1.29 bits per heavy atom. The van der Waals surface area contributed by atoms with E-state index in [2.05, 4.69) is 19.2 Å². The fourth-order valence-corrected chi connectivity index (χ4v) is 3.11. The second kappa shape index (κ2) is 6.77. The van der Waals surface area contributed by atoms with Gasteiger partial charge in [0, 0.05) is 6.61 Å². The Bertz CT molecular complexity index is 393. The van der Waals surface area contributed by atoms with Crippen LogP contribution >= 0.6 is 0 Å². The first-order chi connectivity index (χ1) is 10.0. The van der Waals surface area contributed by atoms with Gasteiger partial charge in [0.25, 0.3) is 0 Å². The van der Waals surface area contributed by atoms with Crippen molar-refractivity contribution >= 4 is 11.8 Å². The minimum atomic E-state index is -0.361. The normalized spacial score (nSPS) is 28.0. The van der Waals surface area contributed by atoms with Crippen LogP contribution in [0.25, 0.3) is 0 Å². The molecule has 5 nitrogen and oxygen atoms in total. The predicted octanol–water partition coefficient (Wildman–Crippen LogP) is 1.56. The number of carbonyl (C=O) groups is 2. The van der Waals surface area contributed by atoms with Gasteiger partial charge >= 0.3 is 0 Å². The molecule has 3 atom stereocenters. The third kappa shape index (κ3) is 3.39. The molecule has 2 amide bonds. The number of rotatable bonds is 7. The molecule has 0 radical (unpaired) electrons. The largest absolute Gasteiger partial charge is 0.380 e. The molecule has 0 spiro atoms. The molecule has 2 rings (SSSR count). The lowest BCUT2D eigenvalue weighted by Crippen LogP contribution is -2.67. The van der Waals surface area contributed by atoms with Crippen LogP contribution in [0.2, 0.25) is 0 Å². The Balaban J connectivity index is 2.23. The first-order valence-corrected chi connectivity index (χ1v) is 8.21. The van der Waals surface area contributed by atoms with Crippen molar-refractivity contribution < 1.29 is 14.3 Å². The number of piperazine rings is 1. The van der Waals surface area contributed by atoms with Gasteiger partial charge in [-0.15, -0.1) is 0 Å². The molecule has 1 aliphatic carbocycles. The zero-order chi connectivity index (χ0) is 15.6. The highest BCUT2D eigenvalue weighted by atomic mass is 16.5. The van der Waals surface area contributed by atoms with Crippen molar-refractivity contribution in [3.63, 3.8) is 0 Å². The van der Waals surface area contributed by atoms with Gasteiger partial charge in [0.1, 0.15) is 12.1 Å². The van der Waals surface area contributed by atoms with E-state index in [0.717, 1.165) is 12.8 Å². The van der Waals surface area contributed by atoms with Crippen molar-refractivity contribution in [1.29, 1.82) is 0 Å². The lowest BCUT2D eigenvalue weighted by molar-refractivity contribution is -0.156. The average Bonchev–Trinajstić information content (AvgIpc) is 3.26. The van der Waals surface area contributed by atoms with E-state index in [0.29, 0.717) is 25.6 Å². The molecular formula is C16H28N2O3. The van der Waals surface area contributed by atoms with Crippen LogP contribution in [-0.4, -0.2) is 48.1 Å². The van der Waals surface area contributed by atoms with E-state index in [1.165, 1.54) is 0 Å². The van der Waals surface area contributed by atoms with E-state index in [9.17, 15) is 9.59 Å². The number of nitrogens with zero attached hydrogens (tertiary/aromatic N) is 1. The summed E-state index contributed by atoms with van der Waals surface area (Å²) in [5.41, 5.74) is 0. The standard InChI is InChI=1S/C16H28N2O3/c1-5-12-15(19)17-14(11-7-8-11)16(20)18(12)13(10(3)4)9-21-6-2/h10-14H,5-9H2,1-4H3,(H,17,19). The van der Waals surface area contributed by atoms with Crippen LogP contribution in [-0.2, 0) is 14.3 Å². The van der Waals surface area contributed by atoms with Crippen molar-refractivity contribution in [2.45, 2.75) is 65.1 Å². The highest BCUT2D eigenvalue weighted by Crippen LogP contribution is 2.36. The van der Waals surface area contributed by atoms with Crippen molar-refractivity contribution in [3.8, 4) is 0 Å². The second-order valence-corrected chi connectivity index (χ2v) is 6.46. The molecule has 1 aliphatic heterocycles. The van der Waals surface area contributed by atoms with Crippen LogP contribution in [0.15, 0.2) is 0 Å². The lowest BCUT2D eigenvalue weighted by Gasteiger charge is -2.44. The van der Waals surface area contributed by atoms with E-state index in [-0.39, 0.29) is 35.9 Å². The molecule has 5 heteroatoms. The molecule has 1 heterocycles. The van der Waals surface area contributed by atoms with Crippen molar-refractivity contribution in [1.82, 2.24) is 10.2 Å². The molecule has 1 saturated carbocycles. The van der Waals surface area contributed by atoms with E-state index in [1.807, 2.05) is 18.7 Å². The number of hydrogen-bond donors (Lipinski definition) is 1. The molecule has 0 bridgehead atoms.